The Hall–Kier alpha value is -1.65. The Bertz CT molecular complexity index is 557. The van der Waals surface area contributed by atoms with Gasteiger partial charge in [-0.15, -0.1) is 11.3 Å². The highest BCUT2D eigenvalue weighted by molar-refractivity contribution is 7.14. The molecule has 0 saturated carbocycles. The fourth-order valence-electron chi connectivity index (χ4n) is 1.79. The fourth-order valence-corrected chi connectivity index (χ4v) is 2.62. The molecule has 2 heterocycles. The molecular formula is C12H11N3S. The molecule has 1 aliphatic rings. The van der Waals surface area contributed by atoms with Gasteiger partial charge in [0.1, 0.15) is 5.00 Å². The number of rotatable bonds is 1. The molecule has 0 spiro atoms. The third-order valence-corrected chi connectivity index (χ3v) is 3.41. The minimum Gasteiger partial charge on any atom is -0.345 e. The largest absolute Gasteiger partial charge is 0.345 e. The van der Waals surface area contributed by atoms with E-state index < -0.39 is 0 Å². The molecule has 0 bridgehead atoms. The number of nitrogens with two attached hydrogens (primary N) is 1. The number of fused-ring (bicyclic) bond motifs is 2. The SMILES string of the molecule is NCC1=Nc2ccccc2Nc2sccc21. The predicted molar refractivity (Wildman–Crippen MR) is 69.3 cm³/mol. The van der Waals surface area contributed by atoms with Gasteiger partial charge in [0, 0.05) is 12.1 Å². The maximum absolute atomic E-state index is 5.75. The summed E-state index contributed by atoms with van der Waals surface area (Å²) in [5.41, 5.74) is 9.79. The first kappa shape index (κ1) is 9.57. The summed E-state index contributed by atoms with van der Waals surface area (Å²) < 4.78 is 0. The van der Waals surface area contributed by atoms with Crippen LogP contribution < -0.4 is 11.1 Å². The van der Waals surface area contributed by atoms with Crippen molar-refractivity contribution in [2.24, 2.45) is 10.7 Å². The molecule has 0 fully saturated rings. The van der Waals surface area contributed by atoms with E-state index in [0.29, 0.717) is 6.54 Å². The molecule has 80 valence electrons. The normalized spacial score (nSPS) is 13.2. The Balaban J connectivity index is 2.23. The lowest BCUT2D eigenvalue weighted by Gasteiger charge is -2.04. The van der Waals surface area contributed by atoms with E-state index in [0.717, 1.165) is 27.7 Å². The summed E-state index contributed by atoms with van der Waals surface area (Å²) in [6.07, 6.45) is 0. The average Bonchev–Trinajstić information content (AvgIpc) is 2.70. The van der Waals surface area contributed by atoms with E-state index in [-0.39, 0.29) is 0 Å². The molecule has 0 unspecified atom stereocenters. The number of hydrogen-bond donors (Lipinski definition) is 2. The maximum Gasteiger partial charge on any atom is 0.102 e. The van der Waals surface area contributed by atoms with Crippen LogP contribution in [0.3, 0.4) is 0 Å². The number of nitrogens with zero attached hydrogens (tertiary/aromatic N) is 1. The third kappa shape index (κ3) is 1.43. The van der Waals surface area contributed by atoms with Crippen LogP contribution >= 0.6 is 11.3 Å². The standard InChI is InChI=1S/C12H11N3S/c13-7-11-8-5-6-16-12(8)15-10-4-2-1-3-9(10)14-11/h1-6,15H,7,13H2. The highest BCUT2D eigenvalue weighted by Gasteiger charge is 2.15. The molecule has 16 heavy (non-hydrogen) atoms. The zero-order valence-electron chi connectivity index (χ0n) is 8.60. The molecule has 1 aromatic carbocycles. The van der Waals surface area contributed by atoms with E-state index >= 15 is 0 Å². The fraction of sp³-hybridized carbons (Fsp3) is 0.0833. The molecule has 0 radical (unpaired) electrons. The van der Waals surface area contributed by atoms with Gasteiger partial charge in [0.25, 0.3) is 0 Å². The van der Waals surface area contributed by atoms with Gasteiger partial charge in [-0.05, 0) is 23.6 Å². The van der Waals surface area contributed by atoms with Crippen molar-refractivity contribution in [2.45, 2.75) is 0 Å². The zero-order valence-corrected chi connectivity index (χ0v) is 9.42. The van der Waals surface area contributed by atoms with Crippen LogP contribution in [0.15, 0.2) is 40.7 Å². The highest BCUT2D eigenvalue weighted by atomic mass is 32.1. The zero-order chi connectivity index (χ0) is 11.0. The number of benzene rings is 1. The number of thiophene rings is 1. The minimum absolute atomic E-state index is 0.458. The van der Waals surface area contributed by atoms with E-state index in [9.17, 15) is 0 Å². The first-order chi connectivity index (χ1) is 7.88. The summed E-state index contributed by atoms with van der Waals surface area (Å²) in [4.78, 5) is 4.61. The second kappa shape index (κ2) is 3.73. The first-order valence-electron chi connectivity index (χ1n) is 5.10. The lowest BCUT2D eigenvalue weighted by atomic mass is 10.2. The Morgan fingerprint density at radius 3 is 3.00 bits per heavy atom. The molecule has 0 atom stereocenters. The van der Waals surface area contributed by atoms with Gasteiger partial charge in [-0.25, -0.2) is 4.99 Å². The Labute approximate surface area is 97.6 Å². The molecule has 0 saturated heterocycles. The molecule has 0 amide bonds. The van der Waals surface area contributed by atoms with Crippen LogP contribution in [0.1, 0.15) is 5.56 Å². The van der Waals surface area contributed by atoms with E-state index in [1.807, 2.05) is 24.3 Å². The Kier molecular flexibility index (Phi) is 2.23. The van der Waals surface area contributed by atoms with E-state index in [1.54, 1.807) is 11.3 Å². The molecule has 3 rings (SSSR count). The lowest BCUT2D eigenvalue weighted by molar-refractivity contribution is 1.29. The molecule has 0 aliphatic carbocycles. The van der Waals surface area contributed by atoms with Crippen molar-refractivity contribution in [2.75, 3.05) is 11.9 Å². The molecule has 4 heteroatoms. The quantitative estimate of drug-likeness (QED) is 0.790. The molecule has 3 N–H and O–H groups in total. The summed E-state index contributed by atoms with van der Waals surface area (Å²) in [6.45, 7) is 0.458. The summed E-state index contributed by atoms with van der Waals surface area (Å²) in [5.74, 6) is 0. The smallest absolute Gasteiger partial charge is 0.102 e. The molecule has 3 nitrogen and oxygen atoms in total. The van der Waals surface area contributed by atoms with Crippen molar-refractivity contribution in [3.05, 3.63) is 41.3 Å². The van der Waals surface area contributed by atoms with Crippen LogP contribution in [0, 0.1) is 0 Å². The Morgan fingerprint density at radius 2 is 2.12 bits per heavy atom. The van der Waals surface area contributed by atoms with Crippen molar-refractivity contribution >= 4 is 33.4 Å². The van der Waals surface area contributed by atoms with Crippen LogP contribution in [0.25, 0.3) is 0 Å². The Morgan fingerprint density at radius 1 is 1.25 bits per heavy atom. The number of nitrogens with one attached hydrogen (secondary N) is 1. The third-order valence-electron chi connectivity index (χ3n) is 2.58. The summed E-state index contributed by atoms with van der Waals surface area (Å²) >= 11 is 1.67. The predicted octanol–water partition coefficient (Wildman–Crippen LogP) is 2.88. The van der Waals surface area contributed by atoms with Gasteiger partial charge in [-0.2, -0.15) is 0 Å². The molecule has 1 aliphatic heterocycles. The summed E-state index contributed by atoms with van der Waals surface area (Å²) in [5, 5.41) is 6.57. The minimum atomic E-state index is 0.458. The summed E-state index contributed by atoms with van der Waals surface area (Å²) in [6, 6.07) is 10.1. The van der Waals surface area contributed by atoms with Crippen molar-refractivity contribution in [1.29, 1.82) is 0 Å². The number of aliphatic imine (C=N–C) groups is 1. The van der Waals surface area contributed by atoms with Gasteiger partial charge < -0.3 is 11.1 Å². The first-order valence-corrected chi connectivity index (χ1v) is 5.98. The lowest BCUT2D eigenvalue weighted by Crippen LogP contribution is -2.14. The molecular weight excluding hydrogens is 218 g/mol. The van der Waals surface area contributed by atoms with Gasteiger partial charge in [-0.3, -0.25) is 0 Å². The van der Waals surface area contributed by atoms with Crippen LogP contribution in [0.4, 0.5) is 16.4 Å². The topological polar surface area (TPSA) is 50.4 Å². The van der Waals surface area contributed by atoms with Crippen molar-refractivity contribution < 1.29 is 0 Å². The molecule has 2 aromatic rings. The van der Waals surface area contributed by atoms with E-state index in [4.69, 9.17) is 5.73 Å². The van der Waals surface area contributed by atoms with E-state index in [1.165, 1.54) is 0 Å². The molecule has 1 aromatic heterocycles. The maximum atomic E-state index is 5.75. The van der Waals surface area contributed by atoms with Crippen LogP contribution in [0.5, 0.6) is 0 Å². The number of anilines is 2. The number of hydrogen-bond acceptors (Lipinski definition) is 4. The van der Waals surface area contributed by atoms with Gasteiger partial charge in [0.2, 0.25) is 0 Å². The van der Waals surface area contributed by atoms with Gasteiger partial charge in [0.05, 0.1) is 17.1 Å². The van der Waals surface area contributed by atoms with Crippen LogP contribution in [-0.2, 0) is 0 Å². The van der Waals surface area contributed by atoms with E-state index in [2.05, 4.69) is 21.8 Å². The highest BCUT2D eigenvalue weighted by Crippen LogP contribution is 2.36. The van der Waals surface area contributed by atoms with Gasteiger partial charge in [-0.1, -0.05) is 12.1 Å². The monoisotopic (exact) mass is 229 g/mol. The van der Waals surface area contributed by atoms with Crippen molar-refractivity contribution in [1.82, 2.24) is 0 Å². The van der Waals surface area contributed by atoms with Crippen molar-refractivity contribution in [3.8, 4) is 0 Å². The average molecular weight is 229 g/mol. The van der Waals surface area contributed by atoms with Crippen LogP contribution in [-0.4, -0.2) is 12.3 Å². The number of para-hydroxylation sites is 2. The second-order valence-electron chi connectivity index (χ2n) is 3.57. The summed E-state index contributed by atoms with van der Waals surface area (Å²) in [7, 11) is 0. The van der Waals surface area contributed by atoms with Crippen molar-refractivity contribution in [3.63, 3.8) is 0 Å². The van der Waals surface area contributed by atoms with Gasteiger partial charge >= 0.3 is 0 Å². The van der Waals surface area contributed by atoms with Crippen LogP contribution in [0.2, 0.25) is 0 Å². The second-order valence-corrected chi connectivity index (χ2v) is 4.48. The van der Waals surface area contributed by atoms with Gasteiger partial charge in [0.15, 0.2) is 0 Å².